The number of para-hydroxylation sites is 2. The van der Waals surface area contributed by atoms with E-state index in [-0.39, 0.29) is 18.1 Å². The van der Waals surface area contributed by atoms with Gasteiger partial charge in [-0.25, -0.2) is 0 Å². The lowest BCUT2D eigenvalue weighted by Crippen LogP contribution is -2.92. The van der Waals surface area contributed by atoms with E-state index in [1.807, 2.05) is 59.9 Å². The third-order valence-corrected chi connectivity index (χ3v) is 4.71. The van der Waals surface area contributed by atoms with Crippen LogP contribution in [0.1, 0.15) is 22.5 Å². The summed E-state index contributed by atoms with van der Waals surface area (Å²) >= 11 is 0. The van der Waals surface area contributed by atoms with Crippen LogP contribution in [0.15, 0.2) is 54.6 Å². The van der Waals surface area contributed by atoms with Gasteiger partial charge in [-0.2, -0.15) is 0 Å². The van der Waals surface area contributed by atoms with Crippen LogP contribution in [0.5, 0.6) is 0 Å². The zero-order chi connectivity index (χ0) is 17.2. The summed E-state index contributed by atoms with van der Waals surface area (Å²) in [6, 6.07) is 16.9. The number of hydrogen-bond acceptors (Lipinski definition) is 2. The summed E-state index contributed by atoms with van der Waals surface area (Å²) in [5, 5.41) is 5.95. The number of aromatic nitrogens is 1. The second kappa shape index (κ2) is 6.53. The van der Waals surface area contributed by atoms with Gasteiger partial charge < -0.3 is 15.6 Å². The first-order chi connectivity index (χ1) is 12.2. The van der Waals surface area contributed by atoms with Gasteiger partial charge in [0.15, 0.2) is 6.04 Å². The predicted molar refractivity (Wildman–Crippen MR) is 96.6 cm³/mol. The molecule has 0 saturated heterocycles. The molecule has 2 heterocycles. The summed E-state index contributed by atoms with van der Waals surface area (Å²) in [5.41, 5.74) is 3.46. The molecule has 3 aromatic rings. The highest BCUT2D eigenvalue weighted by Crippen LogP contribution is 2.24. The topological polar surface area (TPSA) is 78.6 Å². The lowest BCUT2D eigenvalue weighted by atomic mass is 10.0. The quantitative estimate of drug-likeness (QED) is 0.684. The van der Waals surface area contributed by atoms with Crippen LogP contribution in [0.25, 0.3) is 10.9 Å². The smallest absolute Gasteiger partial charge is 0.236 e. The van der Waals surface area contributed by atoms with Gasteiger partial charge in [-0.05, 0) is 23.8 Å². The maximum absolute atomic E-state index is 13.0. The second-order valence-corrected chi connectivity index (χ2v) is 6.39. The molecule has 1 aromatic heterocycles. The van der Waals surface area contributed by atoms with E-state index in [1.54, 1.807) is 0 Å². The number of amides is 1. The zero-order valence-corrected chi connectivity index (χ0v) is 13.8. The van der Waals surface area contributed by atoms with Crippen molar-refractivity contribution < 1.29 is 14.9 Å². The Morgan fingerprint density at radius 2 is 1.88 bits per heavy atom. The molecule has 0 fully saturated rings. The van der Waals surface area contributed by atoms with Gasteiger partial charge in [0.05, 0.1) is 18.7 Å². The molecule has 0 aliphatic carbocycles. The number of nitrogens with one attached hydrogen (secondary N) is 2. The van der Waals surface area contributed by atoms with E-state index >= 15 is 0 Å². The molecule has 0 unspecified atom stereocenters. The predicted octanol–water partition coefficient (Wildman–Crippen LogP) is 1.87. The molecule has 4 rings (SSSR count). The molecule has 0 radical (unpaired) electrons. The Hall–Kier alpha value is -2.92. The minimum atomic E-state index is -0.391. The van der Waals surface area contributed by atoms with Gasteiger partial charge in [0.25, 0.3) is 0 Å². The summed E-state index contributed by atoms with van der Waals surface area (Å²) < 4.78 is 0. The number of nitrogens with two attached hydrogens (primary N) is 1. The van der Waals surface area contributed by atoms with Crippen molar-refractivity contribution in [3.63, 3.8) is 0 Å². The largest absolute Gasteiger partial charge is 0.352 e. The average molecular weight is 334 g/mol. The van der Waals surface area contributed by atoms with Crippen LogP contribution in [0, 0.1) is 0 Å². The third-order valence-electron chi connectivity index (χ3n) is 4.71. The van der Waals surface area contributed by atoms with Crippen LogP contribution in [0.3, 0.4) is 0 Å². The van der Waals surface area contributed by atoms with Crippen molar-refractivity contribution in [2.75, 3.05) is 11.9 Å². The molecule has 1 amide bonds. The van der Waals surface area contributed by atoms with E-state index in [2.05, 4.69) is 10.3 Å². The average Bonchev–Trinajstić information content (AvgIpc) is 2.93. The first kappa shape index (κ1) is 15.6. The highest BCUT2D eigenvalue weighted by Gasteiger charge is 2.32. The highest BCUT2D eigenvalue weighted by atomic mass is 16.2. The number of ketones is 1. The molecule has 2 aromatic carbocycles. The molecule has 1 aliphatic rings. The normalized spacial score (nSPS) is 17.1. The molecule has 1 atom stereocenters. The van der Waals surface area contributed by atoms with Crippen molar-refractivity contribution in [3.05, 3.63) is 65.9 Å². The number of carbonyl (C=O) groups excluding carboxylic acids is 2. The van der Waals surface area contributed by atoms with Gasteiger partial charge in [0, 0.05) is 23.0 Å². The SMILES string of the molecule is O=C(C[C@H]1[NH2+]CCc2c([nH]c3ccccc23)C1=O)Nc1ccccc1. The van der Waals surface area contributed by atoms with Gasteiger partial charge >= 0.3 is 0 Å². The highest BCUT2D eigenvalue weighted by molar-refractivity contribution is 6.06. The van der Waals surface area contributed by atoms with Gasteiger partial charge in [0.2, 0.25) is 11.7 Å². The van der Waals surface area contributed by atoms with Crippen LogP contribution in [0.4, 0.5) is 5.69 Å². The molecule has 0 saturated carbocycles. The fourth-order valence-electron chi connectivity index (χ4n) is 3.50. The van der Waals surface area contributed by atoms with Gasteiger partial charge in [0.1, 0.15) is 0 Å². The molecule has 4 N–H and O–H groups in total. The van der Waals surface area contributed by atoms with Crippen LogP contribution in [-0.2, 0) is 11.2 Å². The Morgan fingerprint density at radius 3 is 2.72 bits per heavy atom. The van der Waals surface area contributed by atoms with E-state index in [4.69, 9.17) is 0 Å². The van der Waals surface area contributed by atoms with E-state index in [0.29, 0.717) is 5.69 Å². The minimum absolute atomic E-state index is 0.00640. The number of aromatic amines is 1. The summed E-state index contributed by atoms with van der Waals surface area (Å²) in [6.45, 7) is 0.796. The number of carbonyl (C=O) groups is 2. The summed E-state index contributed by atoms with van der Waals surface area (Å²) in [4.78, 5) is 28.5. The molecule has 5 nitrogen and oxygen atoms in total. The molecule has 25 heavy (non-hydrogen) atoms. The number of H-pyrrole nitrogens is 1. The van der Waals surface area contributed by atoms with E-state index in [1.165, 1.54) is 0 Å². The van der Waals surface area contributed by atoms with Crippen LogP contribution in [-0.4, -0.2) is 29.3 Å². The number of quaternary nitrogens is 1. The van der Waals surface area contributed by atoms with E-state index in [9.17, 15) is 9.59 Å². The number of hydrogen-bond donors (Lipinski definition) is 3. The van der Waals surface area contributed by atoms with Gasteiger partial charge in [-0.1, -0.05) is 36.4 Å². The molecular formula is C20H20N3O2+. The van der Waals surface area contributed by atoms with Crippen molar-refractivity contribution in [1.82, 2.24) is 4.98 Å². The maximum atomic E-state index is 13.0. The molecule has 126 valence electrons. The van der Waals surface area contributed by atoms with Gasteiger partial charge in [-0.15, -0.1) is 0 Å². The number of Topliss-reactive ketones (excluding diaryl/α,β-unsaturated/α-hetero) is 1. The molecule has 5 heteroatoms. The Bertz CT molecular complexity index is 931. The number of fused-ring (bicyclic) bond motifs is 3. The van der Waals surface area contributed by atoms with Crippen molar-refractivity contribution in [2.45, 2.75) is 18.9 Å². The first-order valence-electron chi connectivity index (χ1n) is 8.54. The van der Waals surface area contributed by atoms with Crippen LogP contribution in [0.2, 0.25) is 0 Å². The molecular weight excluding hydrogens is 314 g/mol. The van der Waals surface area contributed by atoms with E-state index in [0.717, 1.165) is 35.1 Å². The lowest BCUT2D eigenvalue weighted by molar-refractivity contribution is -0.673. The Labute approximate surface area is 145 Å². The summed E-state index contributed by atoms with van der Waals surface area (Å²) in [7, 11) is 0. The zero-order valence-electron chi connectivity index (χ0n) is 13.8. The Balaban J connectivity index is 1.55. The number of benzene rings is 2. The minimum Gasteiger partial charge on any atom is -0.352 e. The van der Waals surface area contributed by atoms with Gasteiger partial charge in [-0.3, -0.25) is 9.59 Å². The number of rotatable bonds is 3. The lowest BCUT2D eigenvalue weighted by Gasteiger charge is -2.11. The fourth-order valence-corrected chi connectivity index (χ4v) is 3.50. The third kappa shape index (κ3) is 3.06. The summed E-state index contributed by atoms with van der Waals surface area (Å²) in [6.07, 6.45) is 0.990. The van der Waals surface area contributed by atoms with Crippen molar-refractivity contribution in [1.29, 1.82) is 0 Å². The van der Waals surface area contributed by atoms with Crippen LogP contribution >= 0.6 is 0 Å². The molecule has 0 spiro atoms. The maximum Gasteiger partial charge on any atom is 0.236 e. The second-order valence-electron chi connectivity index (χ2n) is 6.39. The van der Waals surface area contributed by atoms with Crippen molar-refractivity contribution in [3.8, 4) is 0 Å². The summed E-state index contributed by atoms with van der Waals surface area (Å²) in [5.74, 6) is -0.132. The standard InChI is InChI=1S/C20H19N3O2/c24-18(22-13-6-2-1-3-7-13)12-17-20(25)19-15(10-11-21-17)14-8-4-5-9-16(14)23-19/h1-9,17,21,23H,10-12H2,(H,22,24)/p+1/t17-/m1/s1. The molecule has 1 aliphatic heterocycles. The monoisotopic (exact) mass is 334 g/mol. The fraction of sp³-hybridized carbons (Fsp3) is 0.200. The van der Waals surface area contributed by atoms with E-state index < -0.39 is 6.04 Å². The van der Waals surface area contributed by atoms with Crippen molar-refractivity contribution in [2.24, 2.45) is 0 Å². The number of anilines is 1. The Morgan fingerprint density at radius 1 is 1.12 bits per heavy atom. The van der Waals surface area contributed by atoms with Crippen molar-refractivity contribution >= 4 is 28.3 Å². The first-order valence-corrected chi connectivity index (χ1v) is 8.54. The Kier molecular flexibility index (Phi) is 4.07. The van der Waals surface area contributed by atoms with Crippen LogP contribution < -0.4 is 10.6 Å². The molecule has 0 bridgehead atoms.